The second-order valence-electron chi connectivity index (χ2n) is 6.15. The van der Waals surface area contributed by atoms with Gasteiger partial charge in [0.05, 0.1) is 11.2 Å². The van der Waals surface area contributed by atoms with Crippen molar-refractivity contribution in [2.45, 2.75) is 13.8 Å². The Bertz CT molecular complexity index is 1030. The van der Waals surface area contributed by atoms with Crippen LogP contribution in [0.15, 0.2) is 58.0 Å². The second kappa shape index (κ2) is 8.95. The van der Waals surface area contributed by atoms with E-state index in [0.29, 0.717) is 27.3 Å². The molecular formula is C21H18Cl2N2O3. The molecule has 0 atom stereocenters. The van der Waals surface area contributed by atoms with Gasteiger partial charge in [-0.25, -0.2) is 5.43 Å². The molecule has 0 bridgehead atoms. The third-order valence-electron chi connectivity index (χ3n) is 4.05. The van der Waals surface area contributed by atoms with Gasteiger partial charge in [-0.3, -0.25) is 4.79 Å². The number of furan rings is 1. The Morgan fingerprint density at radius 3 is 2.68 bits per heavy atom. The number of aryl methyl sites for hydroxylation is 2. The van der Waals surface area contributed by atoms with Crippen molar-refractivity contribution in [2.75, 3.05) is 6.61 Å². The Morgan fingerprint density at radius 1 is 1.11 bits per heavy atom. The molecule has 0 unspecified atom stereocenters. The van der Waals surface area contributed by atoms with Crippen LogP contribution in [-0.2, 0) is 4.79 Å². The Labute approximate surface area is 172 Å². The highest BCUT2D eigenvalue weighted by atomic mass is 35.5. The van der Waals surface area contributed by atoms with Crippen LogP contribution in [0.25, 0.3) is 11.3 Å². The Kier molecular flexibility index (Phi) is 6.39. The van der Waals surface area contributed by atoms with Crippen LogP contribution in [0.2, 0.25) is 10.0 Å². The molecule has 3 rings (SSSR count). The van der Waals surface area contributed by atoms with Crippen LogP contribution in [0, 0.1) is 13.8 Å². The number of carbonyl (C=O) groups excluding carboxylic acids is 1. The Hall–Kier alpha value is -2.76. The van der Waals surface area contributed by atoms with Crippen LogP contribution in [0.1, 0.15) is 16.9 Å². The number of rotatable bonds is 6. The van der Waals surface area contributed by atoms with Crippen LogP contribution in [0.5, 0.6) is 5.75 Å². The summed E-state index contributed by atoms with van der Waals surface area (Å²) in [6.07, 6.45) is 1.40. The van der Waals surface area contributed by atoms with E-state index in [2.05, 4.69) is 10.5 Å². The molecule has 0 saturated heterocycles. The molecule has 1 N–H and O–H groups in total. The van der Waals surface area contributed by atoms with Crippen LogP contribution >= 0.6 is 23.2 Å². The van der Waals surface area contributed by atoms with Gasteiger partial charge in [-0.05, 0) is 67.4 Å². The number of hydrazone groups is 1. The molecule has 0 aliphatic heterocycles. The predicted octanol–water partition coefficient (Wildman–Crippen LogP) is 5.40. The molecule has 0 spiro atoms. The zero-order valence-electron chi connectivity index (χ0n) is 15.3. The number of nitrogens with zero attached hydrogens (tertiary/aromatic N) is 1. The molecule has 5 nitrogen and oxygen atoms in total. The number of ether oxygens (including phenoxy) is 1. The summed E-state index contributed by atoms with van der Waals surface area (Å²) in [4.78, 5) is 11.9. The number of hydrogen-bond acceptors (Lipinski definition) is 4. The summed E-state index contributed by atoms with van der Waals surface area (Å²) in [5.41, 5.74) is 5.38. The minimum atomic E-state index is -0.373. The average molecular weight is 417 g/mol. The first-order chi connectivity index (χ1) is 13.4. The fourth-order valence-corrected chi connectivity index (χ4v) is 2.91. The van der Waals surface area contributed by atoms with E-state index in [1.165, 1.54) is 11.8 Å². The molecule has 28 heavy (non-hydrogen) atoms. The third-order valence-corrected chi connectivity index (χ3v) is 4.60. The molecule has 3 aromatic rings. The van der Waals surface area contributed by atoms with Crippen molar-refractivity contribution in [2.24, 2.45) is 5.10 Å². The first kappa shape index (κ1) is 20.0. The molecule has 1 amide bonds. The van der Waals surface area contributed by atoms with Gasteiger partial charge < -0.3 is 9.15 Å². The molecule has 1 heterocycles. The summed E-state index contributed by atoms with van der Waals surface area (Å²) in [5.74, 6) is 1.31. The standard InChI is InChI=1S/C21H18Cl2N2O3/c1-13-3-5-16(9-14(13)2)27-12-21(26)25-24-11-17-6-8-20(28-17)18-7-4-15(22)10-19(18)23/h3-11H,12H2,1-2H3,(H,25,26). The molecule has 1 aromatic heterocycles. The summed E-state index contributed by atoms with van der Waals surface area (Å²) in [7, 11) is 0. The first-order valence-electron chi connectivity index (χ1n) is 8.49. The molecule has 144 valence electrons. The van der Waals surface area contributed by atoms with Gasteiger partial charge in [0.15, 0.2) is 6.61 Å². The number of carbonyl (C=O) groups is 1. The number of hydrogen-bond donors (Lipinski definition) is 1. The summed E-state index contributed by atoms with van der Waals surface area (Å²) in [6.45, 7) is 3.87. The van der Waals surface area contributed by atoms with Crippen molar-refractivity contribution >= 4 is 35.3 Å². The Morgan fingerprint density at radius 2 is 1.93 bits per heavy atom. The lowest BCUT2D eigenvalue weighted by atomic mass is 10.1. The van der Waals surface area contributed by atoms with E-state index < -0.39 is 0 Å². The fourth-order valence-electron chi connectivity index (χ4n) is 2.41. The van der Waals surface area contributed by atoms with Gasteiger partial charge in [0, 0.05) is 10.6 Å². The number of nitrogens with one attached hydrogen (secondary N) is 1. The summed E-state index contributed by atoms with van der Waals surface area (Å²) in [6, 6.07) is 14.3. The topological polar surface area (TPSA) is 63.8 Å². The van der Waals surface area contributed by atoms with E-state index in [1.54, 1.807) is 30.3 Å². The SMILES string of the molecule is Cc1ccc(OCC(=O)NN=Cc2ccc(-c3ccc(Cl)cc3Cl)o2)cc1C. The monoisotopic (exact) mass is 416 g/mol. The second-order valence-corrected chi connectivity index (χ2v) is 7.00. The van der Waals surface area contributed by atoms with Gasteiger partial charge in [-0.1, -0.05) is 29.3 Å². The first-order valence-corrected chi connectivity index (χ1v) is 9.25. The molecule has 0 fully saturated rings. The molecule has 0 aliphatic rings. The van der Waals surface area contributed by atoms with Crippen molar-refractivity contribution in [3.05, 3.63) is 75.5 Å². The lowest BCUT2D eigenvalue weighted by Crippen LogP contribution is -2.24. The van der Waals surface area contributed by atoms with Crippen molar-refractivity contribution in [3.63, 3.8) is 0 Å². The van der Waals surface area contributed by atoms with Gasteiger partial charge in [0.1, 0.15) is 17.3 Å². The van der Waals surface area contributed by atoms with Crippen molar-refractivity contribution in [1.29, 1.82) is 0 Å². The van der Waals surface area contributed by atoms with Crippen LogP contribution in [0.3, 0.4) is 0 Å². The normalized spacial score (nSPS) is 11.0. The largest absolute Gasteiger partial charge is 0.484 e. The van der Waals surface area contributed by atoms with Crippen molar-refractivity contribution in [1.82, 2.24) is 5.43 Å². The van der Waals surface area contributed by atoms with Crippen molar-refractivity contribution < 1.29 is 13.9 Å². The maximum absolute atomic E-state index is 11.9. The molecule has 0 radical (unpaired) electrons. The number of halogens is 2. The van der Waals surface area contributed by atoms with Crippen LogP contribution < -0.4 is 10.2 Å². The maximum atomic E-state index is 11.9. The van der Waals surface area contributed by atoms with E-state index in [0.717, 1.165) is 11.1 Å². The van der Waals surface area contributed by atoms with E-state index in [4.69, 9.17) is 32.4 Å². The van der Waals surface area contributed by atoms with E-state index in [9.17, 15) is 4.79 Å². The fraction of sp³-hybridized carbons (Fsp3) is 0.143. The number of benzene rings is 2. The Balaban J connectivity index is 1.53. The molecule has 7 heteroatoms. The summed E-state index contributed by atoms with van der Waals surface area (Å²) in [5, 5.41) is 4.91. The molecule has 0 aliphatic carbocycles. The quantitative estimate of drug-likeness (QED) is 0.432. The minimum Gasteiger partial charge on any atom is -0.484 e. The maximum Gasteiger partial charge on any atom is 0.277 e. The van der Waals surface area contributed by atoms with Gasteiger partial charge in [0.25, 0.3) is 5.91 Å². The highest BCUT2D eigenvalue weighted by Gasteiger charge is 2.09. The highest BCUT2D eigenvalue weighted by Crippen LogP contribution is 2.31. The van der Waals surface area contributed by atoms with Gasteiger partial charge in [-0.15, -0.1) is 0 Å². The van der Waals surface area contributed by atoms with E-state index in [-0.39, 0.29) is 12.5 Å². The zero-order valence-corrected chi connectivity index (χ0v) is 16.8. The van der Waals surface area contributed by atoms with Gasteiger partial charge in [-0.2, -0.15) is 5.10 Å². The zero-order chi connectivity index (χ0) is 20.1. The molecule has 2 aromatic carbocycles. The van der Waals surface area contributed by atoms with Crippen molar-refractivity contribution in [3.8, 4) is 17.1 Å². The average Bonchev–Trinajstić information content (AvgIpc) is 3.11. The predicted molar refractivity (Wildman–Crippen MR) is 111 cm³/mol. The highest BCUT2D eigenvalue weighted by molar-refractivity contribution is 6.36. The van der Waals surface area contributed by atoms with E-state index in [1.807, 2.05) is 32.0 Å². The summed E-state index contributed by atoms with van der Waals surface area (Å²) < 4.78 is 11.1. The van der Waals surface area contributed by atoms with Crippen LogP contribution in [0.4, 0.5) is 0 Å². The smallest absolute Gasteiger partial charge is 0.277 e. The van der Waals surface area contributed by atoms with Gasteiger partial charge in [0.2, 0.25) is 0 Å². The lowest BCUT2D eigenvalue weighted by molar-refractivity contribution is -0.123. The molecular weight excluding hydrogens is 399 g/mol. The number of amides is 1. The lowest BCUT2D eigenvalue weighted by Gasteiger charge is -2.07. The van der Waals surface area contributed by atoms with E-state index >= 15 is 0 Å². The van der Waals surface area contributed by atoms with Gasteiger partial charge >= 0.3 is 0 Å². The van der Waals surface area contributed by atoms with Crippen LogP contribution in [-0.4, -0.2) is 18.7 Å². The minimum absolute atomic E-state index is 0.135. The molecule has 0 saturated carbocycles. The summed E-state index contributed by atoms with van der Waals surface area (Å²) >= 11 is 12.1. The third kappa shape index (κ3) is 5.15.